The Morgan fingerprint density at radius 1 is 0.964 bits per heavy atom. The molecule has 0 fully saturated rings. The van der Waals surface area contributed by atoms with E-state index in [1.807, 2.05) is 13.0 Å². The predicted molar refractivity (Wildman–Crippen MR) is 116 cm³/mol. The first-order valence-corrected chi connectivity index (χ1v) is 10.6. The first-order valence-electron chi connectivity index (χ1n) is 10.6. The van der Waals surface area contributed by atoms with E-state index in [1.54, 1.807) is 5.57 Å². The van der Waals surface area contributed by atoms with Crippen LogP contribution in [0, 0.1) is 6.92 Å². The fraction of sp³-hybridized carbons (Fsp3) is 0.440. The van der Waals surface area contributed by atoms with Gasteiger partial charge in [-0.1, -0.05) is 47.5 Å². The minimum Gasteiger partial charge on any atom is -0.490 e. The van der Waals surface area contributed by atoms with Crippen LogP contribution >= 0.6 is 0 Å². The Bertz CT molecular complexity index is 782. The zero-order chi connectivity index (χ0) is 19.6. The number of nitrogens with one attached hydrogen (secondary N) is 1. The molecule has 0 aliphatic heterocycles. The Labute approximate surface area is 169 Å². The molecule has 0 saturated carbocycles. The van der Waals surface area contributed by atoms with Crippen LogP contribution in [0.2, 0.25) is 0 Å². The Hall–Kier alpha value is -2.26. The van der Waals surface area contributed by atoms with Crippen LogP contribution in [0.25, 0.3) is 0 Å². The molecule has 0 saturated heterocycles. The predicted octanol–water partition coefficient (Wildman–Crippen LogP) is 5.95. The first kappa shape index (κ1) is 20.5. The summed E-state index contributed by atoms with van der Waals surface area (Å²) in [6, 6.07) is 14.7. The third-order valence-corrected chi connectivity index (χ3v) is 5.12. The van der Waals surface area contributed by atoms with Gasteiger partial charge in [0.05, 0.1) is 6.61 Å². The summed E-state index contributed by atoms with van der Waals surface area (Å²) in [6.45, 7) is 7.17. The highest BCUT2D eigenvalue weighted by molar-refractivity contribution is 5.43. The standard InChI is InChI=1S/C25H33NO2/c1-3-27-25-17-22(18-26-15-14-21-9-5-4-6-10-21)12-13-24(25)28-19-23-11-7-8-20(2)16-23/h7-9,11-13,16-17,26H,3-6,10,14-15,18-19H2,1-2H3. The maximum atomic E-state index is 6.04. The zero-order valence-electron chi connectivity index (χ0n) is 17.3. The molecule has 0 bridgehead atoms. The number of allylic oxidation sites excluding steroid dienone is 1. The van der Waals surface area contributed by atoms with Crippen LogP contribution in [-0.2, 0) is 13.2 Å². The van der Waals surface area contributed by atoms with Crippen molar-refractivity contribution >= 4 is 0 Å². The van der Waals surface area contributed by atoms with Crippen LogP contribution in [0.4, 0.5) is 0 Å². The van der Waals surface area contributed by atoms with Crippen molar-refractivity contribution in [2.24, 2.45) is 0 Å². The average molecular weight is 380 g/mol. The lowest BCUT2D eigenvalue weighted by molar-refractivity contribution is 0.269. The van der Waals surface area contributed by atoms with Gasteiger partial charge in [-0.2, -0.15) is 0 Å². The molecular formula is C25H33NO2. The summed E-state index contributed by atoms with van der Waals surface area (Å²) in [4.78, 5) is 0. The van der Waals surface area contributed by atoms with E-state index < -0.39 is 0 Å². The topological polar surface area (TPSA) is 30.5 Å². The monoisotopic (exact) mass is 379 g/mol. The van der Waals surface area contributed by atoms with E-state index >= 15 is 0 Å². The van der Waals surface area contributed by atoms with E-state index in [4.69, 9.17) is 9.47 Å². The molecule has 150 valence electrons. The Morgan fingerprint density at radius 2 is 1.89 bits per heavy atom. The smallest absolute Gasteiger partial charge is 0.161 e. The SMILES string of the molecule is CCOc1cc(CNCCC2=CCCCC2)ccc1OCc1cccc(C)c1. The summed E-state index contributed by atoms with van der Waals surface area (Å²) in [5.41, 5.74) is 5.26. The number of benzene rings is 2. The highest BCUT2D eigenvalue weighted by Crippen LogP contribution is 2.29. The molecule has 1 N–H and O–H groups in total. The summed E-state index contributed by atoms with van der Waals surface area (Å²) >= 11 is 0. The van der Waals surface area contributed by atoms with Gasteiger partial charge in [-0.25, -0.2) is 0 Å². The van der Waals surface area contributed by atoms with Crippen LogP contribution in [0.5, 0.6) is 11.5 Å². The second-order valence-electron chi connectivity index (χ2n) is 7.53. The second-order valence-corrected chi connectivity index (χ2v) is 7.53. The van der Waals surface area contributed by atoms with Crippen molar-refractivity contribution < 1.29 is 9.47 Å². The molecule has 3 rings (SSSR count). The van der Waals surface area contributed by atoms with Gasteiger partial charge in [0.15, 0.2) is 11.5 Å². The number of ether oxygens (including phenoxy) is 2. The van der Waals surface area contributed by atoms with Crippen molar-refractivity contribution in [2.75, 3.05) is 13.2 Å². The van der Waals surface area contributed by atoms with Crippen molar-refractivity contribution in [3.8, 4) is 11.5 Å². The van der Waals surface area contributed by atoms with Gasteiger partial charge in [0.25, 0.3) is 0 Å². The quantitative estimate of drug-likeness (QED) is 0.408. The van der Waals surface area contributed by atoms with Crippen molar-refractivity contribution in [3.05, 3.63) is 70.8 Å². The molecule has 0 aromatic heterocycles. The number of rotatable bonds is 10. The molecule has 3 heteroatoms. The van der Waals surface area contributed by atoms with E-state index in [1.165, 1.54) is 42.4 Å². The summed E-state index contributed by atoms with van der Waals surface area (Å²) in [5.74, 6) is 1.63. The molecule has 2 aromatic carbocycles. The maximum Gasteiger partial charge on any atom is 0.161 e. The molecule has 28 heavy (non-hydrogen) atoms. The van der Waals surface area contributed by atoms with Crippen LogP contribution in [-0.4, -0.2) is 13.2 Å². The third kappa shape index (κ3) is 6.42. The van der Waals surface area contributed by atoms with Gasteiger partial charge in [0, 0.05) is 6.54 Å². The summed E-state index contributed by atoms with van der Waals surface area (Å²) < 4.78 is 11.9. The number of hydrogen-bond acceptors (Lipinski definition) is 3. The summed E-state index contributed by atoms with van der Waals surface area (Å²) in [5, 5.41) is 3.56. The van der Waals surface area contributed by atoms with Gasteiger partial charge in [0.2, 0.25) is 0 Å². The van der Waals surface area contributed by atoms with Gasteiger partial charge in [-0.15, -0.1) is 0 Å². The molecule has 0 amide bonds. The largest absolute Gasteiger partial charge is 0.490 e. The lowest BCUT2D eigenvalue weighted by Crippen LogP contribution is -2.15. The molecule has 1 aliphatic rings. The minimum absolute atomic E-state index is 0.550. The fourth-order valence-electron chi connectivity index (χ4n) is 3.63. The van der Waals surface area contributed by atoms with Gasteiger partial charge >= 0.3 is 0 Å². The van der Waals surface area contributed by atoms with Gasteiger partial charge in [-0.3, -0.25) is 0 Å². The van der Waals surface area contributed by atoms with Crippen LogP contribution in [0.3, 0.4) is 0 Å². The Morgan fingerprint density at radius 3 is 2.68 bits per heavy atom. The first-order chi connectivity index (χ1) is 13.7. The molecule has 2 aromatic rings. The summed E-state index contributed by atoms with van der Waals surface area (Å²) in [6.07, 6.45) is 8.85. The highest BCUT2D eigenvalue weighted by Gasteiger charge is 2.08. The molecule has 3 nitrogen and oxygen atoms in total. The molecule has 1 aliphatic carbocycles. The highest BCUT2D eigenvalue weighted by atomic mass is 16.5. The zero-order valence-corrected chi connectivity index (χ0v) is 17.3. The Balaban J connectivity index is 1.53. The second kappa shape index (κ2) is 10.9. The van der Waals surface area contributed by atoms with Crippen molar-refractivity contribution in [2.45, 2.75) is 59.1 Å². The average Bonchev–Trinajstić information content (AvgIpc) is 2.72. The molecule has 0 atom stereocenters. The molecule has 0 radical (unpaired) electrons. The number of hydrogen-bond donors (Lipinski definition) is 1. The summed E-state index contributed by atoms with van der Waals surface area (Å²) in [7, 11) is 0. The van der Waals surface area contributed by atoms with Crippen molar-refractivity contribution in [1.29, 1.82) is 0 Å². The fourth-order valence-corrected chi connectivity index (χ4v) is 3.63. The van der Waals surface area contributed by atoms with Crippen LogP contribution in [0.15, 0.2) is 54.1 Å². The third-order valence-electron chi connectivity index (χ3n) is 5.12. The van der Waals surface area contributed by atoms with E-state index in [9.17, 15) is 0 Å². The van der Waals surface area contributed by atoms with Crippen LogP contribution in [0.1, 0.15) is 55.7 Å². The Kier molecular flexibility index (Phi) is 7.98. The molecule has 0 heterocycles. The molecular weight excluding hydrogens is 346 g/mol. The van der Waals surface area contributed by atoms with Gasteiger partial charge < -0.3 is 14.8 Å². The lowest BCUT2D eigenvalue weighted by Gasteiger charge is -2.15. The molecule has 0 unspecified atom stereocenters. The maximum absolute atomic E-state index is 6.04. The van der Waals surface area contributed by atoms with E-state index in [2.05, 4.69) is 54.7 Å². The lowest BCUT2D eigenvalue weighted by atomic mass is 9.97. The van der Waals surface area contributed by atoms with E-state index in [-0.39, 0.29) is 0 Å². The van der Waals surface area contributed by atoms with Gasteiger partial charge in [0.1, 0.15) is 6.61 Å². The van der Waals surface area contributed by atoms with E-state index in [0.717, 1.165) is 31.0 Å². The van der Waals surface area contributed by atoms with Crippen molar-refractivity contribution in [3.63, 3.8) is 0 Å². The van der Waals surface area contributed by atoms with Gasteiger partial charge in [-0.05, 0) is 75.8 Å². The molecule has 0 spiro atoms. The van der Waals surface area contributed by atoms with E-state index in [0.29, 0.717) is 13.2 Å². The minimum atomic E-state index is 0.550. The normalized spacial score (nSPS) is 13.9. The number of aryl methyl sites for hydroxylation is 1. The van der Waals surface area contributed by atoms with Crippen molar-refractivity contribution in [1.82, 2.24) is 5.32 Å². The van der Waals surface area contributed by atoms with Crippen LogP contribution < -0.4 is 14.8 Å².